The van der Waals surface area contributed by atoms with E-state index >= 15 is 0 Å². The van der Waals surface area contributed by atoms with Gasteiger partial charge in [-0.15, -0.1) is 0 Å². The van der Waals surface area contributed by atoms with Gasteiger partial charge in [0.15, 0.2) is 40.4 Å². The van der Waals surface area contributed by atoms with Gasteiger partial charge in [-0.25, -0.2) is 15.0 Å². The number of nitrogen functional groups attached to an aromatic ring is 1. The van der Waals surface area contributed by atoms with Gasteiger partial charge in [-0.3, -0.25) is 4.57 Å². The lowest BCUT2D eigenvalue weighted by atomic mass is 10.1. The van der Waals surface area contributed by atoms with Crippen molar-refractivity contribution in [2.45, 2.75) is 102 Å². The quantitative estimate of drug-likeness (QED) is 0.219. The lowest BCUT2D eigenvalue weighted by Crippen LogP contribution is -2.52. The molecule has 4 atom stereocenters. The summed E-state index contributed by atoms with van der Waals surface area (Å²) in [5.74, 6) is 0.857. The molecule has 1 saturated heterocycles. The maximum atomic E-state index is 7.07. The molecule has 2 aromatic heterocycles. The first-order chi connectivity index (χ1) is 19.4. The second-order valence-electron chi connectivity index (χ2n) is 13.8. The Morgan fingerprint density at radius 2 is 1.60 bits per heavy atom. The molecule has 230 valence electrons. The molecule has 0 bridgehead atoms. The molecule has 4 rings (SSSR count). The number of hydrogen-bond donors (Lipinski definition) is 1. The van der Waals surface area contributed by atoms with Crippen molar-refractivity contribution in [3.8, 4) is 5.75 Å². The van der Waals surface area contributed by atoms with E-state index in [1.807, 2.05) is 30.3 Å². The number of imidazole rings is 1. The van der Waals surface area contributed by atoms with Gasteiger partial charge in [0.2, 0.25) is 0 Å². The Kier molecular flexibility index (Phi) is 9.22. The number of benzene rings is 1. The Hall–Kier alpha value is -2.43. The maximum Gasteiger partial charge on any atom is 0.358 e. The minimum absolute atomic E-state index is 0.0246. The average Bonchev–Trinajstić information content (AvgIpc) is 3.44. The highest BCUT2D eigenvalue weighted by atomic mass is 32.1. The first-order valence-electron chi connectivity index (χ1n) is 14.2. The largest absolute Gasteiger partial charge is 0.446 e. The smallest absolute Gasteiger partial charge is 0.358 e. The fraction of sp³-hybridized carbons (Fsp3) is 0.586. The molecule has 3 aromatic rings. The van der Waals surface area contributed by atoms with E-state index in [2.05, 4.69) is 82.7 Å². The third-order valence-corrected chi connectivity index (χ3v) is 17.9. The highest BCUT2D eigenvalue weighted by Gasteiger charge is 2.53. The van der Waals surface area contributed by atoms with Gasteiger partial charge in [0.25, 0.3) is 0 Å². The van der Waals surface area contributed by atoms with Crippen molar-refractivity contribution in [1.29, 1.82) is 0 Å². The number of nitrogens with zero attached hydrogens (tertiary/aromatic N) is 4. The van der Waals surface area contributed by atoms with E-state index in [1.165, 1.54) is 6.33 Å². The molecule has 1 aliphatic heterocycles. The number of thiocarbonyl (C=S) groups is 1. The molecule has 0 saturated carbocycles. The molecule has 1 aliphatic rings. The van der Waals surface area contributed by atoms with Crippen LogP contribution >= 0.6 is 12.2 Å². The van der Waals surface area contributed by atoms with Gasteiger partial charge in [-0.1, -0.05) is 59.7 Å². The standard InChI is InChI=1S/C29H45N5O5SSi2/c1-28(2,3)41(7,8)35-16-20-22(39-42(9,10)29(4,5)6)23(38-27(40)36-19-14-12-11-13-15-19)26(37-20)34-18-33-21-24(30)31-17-32-25(21)34/h11-15,17-18,20,22-23,26H,16H2,1-10H3,(H2,30,31,32)/t20-,22-,23+,26-/m1/s1. The Bertz CT molecular complexity index is 1390. The van der Waals surface area contributed by atoms with Crippen molar-refractivity contribution in [2.75, 3.05) is 12.3 Å². The van der Waals surface area contributed by atoms with Crippen LogP contribution in [0, 0.1) is 0 Å². The number of rotatable bonds is 8. The molecular formula is C29H45N5O5SSi2. The molecule has 10 nitrogen and oxygen atoms in total. The Morgan fingerprint density at radius 1 is 0.952 bits per heavy atom. The third-order valence-electron chi connectivity index (χ3n) is 8.77. The van der Waals surface area contributed by atoms with Crippen LogP contribution in [0.15, 0.2) is 43.0 Å². The molecule has 2 N–H and O–H groups in total. The van der Waals surface area contributed by atoms with Crippen molar-refractivity contribution in [1.82, 2.24) is 19.5 Å². The van der Waals surface area contributed by atoms with E-state index in [0.717, 1.165) is 0 Å². The highest BCUT2D eigenvalue weighted by molar-refractivity contribution is 7.79. The molecule has 42 heavy (non-hydrogen) atoms. The van der Waals surface area contributed by atoms with Crippen LogP contribution in [0.5, 0.6) is 5.75 Å². The van der Waals surface area contributed by atoms with Gasteiger partial charge in [-0.2, -0.15) is 0 Å². The third kappa shape index (κ3) is 6.86. The zero-order valence-electron chi connectivity index (χ0n) is 26.4. The van der Waals surface area contributed by atoms with Crippen LogP contribution in [0.2, 0.25) is 36.3 Å². The second-order valence-corrected chi connectivity index (χ2v) is 23.7. The van der Waals surface area contributed by atoms with Crippen LogP contribution in [0.3, 0.4) is 0 Å². The summed E-state index contributed by atoms with van der Waals surface area (Å²) in [5, 5.41) is -0.0741. The molecule has 0 radical (unpaired) electrons. The van der Waals surface area contributed by atoms with Gasteiger partial charge in [0.1, 0.15) is 29.8 Å². The number of hydrogen-bond acceptors (Lipinski definition) is 10. The highest BCUT2D eigenvalue weighted by Crippen LogP contribution is 2.44. The molecule has 13 heteroatoms. The summed E-state index contributed by atoms with van der Waals surface area (Å²) in [6, 6.07) is 9.30. The lowest BCUT2D eigenvalue weighted by molar-refractivity contribution is -0.0483. The molecule has 1 aromatic carbocycles. The van der Waals surface area contributed by atoms with E-state index in [-0.39, 0.29) is 21.1 Å². The summed E-state index contributed by atoms with van der Waals surface area (Å²) >= 11 is 5.61. The van der Waals surface area contributed by atoms with Crippen LogP contribution in [-0.2, 0) is 18.3 Å². The topological polar surface area (TPSA) is 116 Å². The number of ether oxygens (including phenoxy) is 3. The van der Waals surface area contributed by atoms with Crippen molar-refractivity contribution >= 4 is 51.1 Å². The second kappa shape index (κ2) is 11.9. The van der Waals surface area contributed by atoms with Crippen LogP contribution in [0.25, 0.3) is 11.2 Å². The van der Waals surface area contributed by atoms with Crippen molar-refractivity contribution in [2.24, 2.45) is 0 Å². The van der Waals surface area contributed by atoms with Crippen molar-refractivity contribution < 1.29 is 23.1 Å². The normalized spacial score (nSPS) is 22.0. The predicted molar refractivity (Wildman–Crippen MR) is 173 cm³/mol. The molecular weight excluding hydrogens is 587 g/mol. The molecule has 0 spiro atoms. The van der Waals surface area contributed by atoms with Gasteiger partial charge in [-0.05, 0) is 48.4 Å². The van der Waals surface area contributed by atoms with Crippen LogP contribution < -0.4 is 10.5 Å². The molecule has 0 amide bonds. The average molecular weight is 632 g/mol. The molecule has 0 unspecified atom stereocenters. The maximum absolute atomic E-state index is 7.07. The minimum Gasteiger partial charge on any atom is -0.446 e. The molecule has 3 heterocycles. The number of fused-ring (bicyclic) bond motifs is 1. The van der Waals surface area contributed by atoms with E-state index in [0.29, 0.717) is 23.5 Å². The van der Waals surface area contributed by atoms with E-state index in [9.17, 15) is 0 Å². The van der Waals surface area contributed by atoms with E-state index in [1.54, 1.807) is 10.9 Å². The molecule has 1 fully saturated rings. The van der Waals surface area contributed by atoms with Crippen molar-refractivity contribution in [3.05, 3.63) is 43.0 Å². The predicted octanol–water partition coefficient (Wildman–Crippen LogP) is 6.47. The fourth-order valence-corrected chi connectivity index (χ4v) is 6.68. The summed E-state index contributed by atoms with van der Waals surface area (Å²) < 4.78 is 34.7. The van der Waals surface area contributed by atoms with Crippen LogP contribution in [-0.4, -0.2) is 66.3 Å². The number of para-hydroxylation sites is 1. The van der Waals surface area contributed by atoms with E-state index in [4.69, 9.17) is 41.0 Å². The monoisotopic (exact) mass is 631 g/mol. The number of anilines is 1. The van der Waals surface area contributed by atoms with Gasteiger partial charge >= 0.3 is 5.24 Å². The minimum atomic E-state index is -2.33. The zero-order chi connectivity index (χ0) is 31.1. The fourth-order valence-electron chi connectivity index (χ4n) is 4.13. The Labute approximate surface area is 256 Å². The SMILES string of the molecule is CC(C)(C)[Si](C)(C)OC[C@H]1O[C@@H](n2cnc3c(N)ncnc32)[C@@H](OC(=S)Oc2ccccc2)[C@@H]1O[Si](C)(C)C(C)(C)C. The summed E-state index contributed by atoms with van der Waals surface area (Å²) in [7, 11) is -4.44. The lowest BCUT2D eigenvalue weighted by Gasteiger charge is -2.41. The van der Waals surface area contributed by atoms with Gasteiger partial charge in [0.05, 0.1) is 12.9 Å². The summed E-state index contributed by atoms with van der Waals surface area (Å²) in [6.07, 6.45) is 0.666. The van der Waals surface area contributed by atoms with Crippen LogP contribution in [0.4, 0.5) is 5.82 Å². The van der Waals surface area contributed by atoms with E-state index < -0.39 is 41.2 Å². The number of nitrogens with two attached hydrogens (primary N) is 1. The first-order valence-corrected chi connectivity index (χ1v) is 20.5. The summed E-state index contributed by atoms with van der Waals surface area (Å²) in [5.41, 5.74) is 7.12. The molecule has 0 aliphatic carbocycles. The Balaban J connectivity index is 1.76. The van der Waals surface area contributed by atoms with Gasteiger partial charge < -0.3 is 28.8 Å². The van der Waals surface area contributed by atoms with Crippen LogP contribution in [0.1, 0.15) is 47.8 Å². The first kappa shape index (κ1) is 32.5. The summed E-state index contributed by atoms with van der Waals surface area (Å²) in [4.78, 5) is 13.0. The zero-order valence-corrected chi connectivity index (χ0v) is 29.2. The van der Waals surface area contributed by atoms with Gasteiger partial charge in [0, 0.05) is 12.2 Å². The number of aromatic nitrogens is 4. The summed E-state index contributed by atoms with van der Waals surface area (Å²) in [6.45, 7) is 22.5. The van der Waals surface area contributed by atoms with Crippen molar-refractivity contribution in [3.63, 3.8) is 0 Å². The Morgan fingerprint density at radius 3 is 2.21 bits per heavy atom.